The van der Waals surface area contributed by atoms with Crippen LogP contribution < -0.4 is 15.0 Å². The maximum Gasteiger partial charge on any atom is 0.261 e. The van der Waals surface area contributed by atoms with E-state index in [1.165, 1.54) is 21.9 Å². The predicted molar refractivity (Wildman–Crippen MR) is 125 cm³/mol. The molecule has 7 heteroatoms. The van der Waals surface area contributed by atoms with Crippen LogP contribution in [0.4, 0.5) is 5.69 Å². The number of hydrogen-bond donors (Lipinski definition) is 1. The SMILES string of the molecule is COc1ccc(N2CCN([C@H](c3cccs3)[C@H](C)NC(=O)c3cccs3)CC2)cc1. The van der Waals surface area contributed by atoms with Gasteiger partial charge in [-0.1, -0.05) is 12.1 Å². The third-order valence-electron chi connectivity index (χ3n) is 5.56. The molecule has 1 aliphatic heterocycles. The fourth-order valence-electron chi connectivity index (χ4n) is 4.02. The molecule has 30 heavy (non-hydrogen) atoms. The zero-order valence-electron chi connectivity index (χ0n) is 17.3. The first kappa shape index (κ1) is 20.9. The normalized spacial score (nSPS) is 16.8. The minimum absolute atomic E-state index is 0.0101. The van der Waals surface area contributed by atoms with E-state index in [1.54, 1.807) is 18.4 Å². The van der Waals surface area contributed by atoms with Crippen LogP contribution in [0.1, 0.15) is 27.5 Å². The van der Waals surface area contributed by atoms with Gasteiger partial charge in [-0.15, -0.1) is 22.7 Å². The molecule has 1 aromatic carbocycles. The molecule has 0 radical (unpaired) electrons. The summed E-state index contributed by atoms with van der Waals surface area (Å²) in [4.78, 5) is 19.6. The molecule has 0 unspecified atom stereocenters. The highest BCUT2D eigenvalue weighted by atomic mass is 32.1. The van der Waals surface area contributed by atoms with Crippen LogP contribution in [0, 0.1) is 0 Å². The topological polar surface area (TPSA) is 44.8 Å². The Bertz CT molecular complexity index is 918. The highest BCUT2D eigenvalue weighted by Crippen LogP contribution is 2.31. The number of piperazine rings is 1. The molecule has 2 aromatic heterocycles. The molecule has 1 aliphatic rings. The van der Waals surface area contributed by atoms with Crippen LogP contribution in [0.25, 0.3) is 0 Å². The summed E-state index contributed by atoms with van der Waals surface area (Å²) in [5, 5.41) is 7.29. The summed E-state index contributed by atoms with van der Waals surface area (Å²) in [5.41, 5.74) is 1.22. The van der Waals surface area contributed by atoms with Gasteiger partial charge in [0.2, 0.25) is 0 Å². The number of hydrogen-bond acceptors (Lipinski definition) is 6. The molecule has 2 atom stereocenters. The highest BCUT2D eigenvalue weighted by Gasteiger charge is 2.31. The summed E-state index contributed by atoms with van der Waals surface area (Å²) in [6.45, 7) is 5.94. The van der Waals surface area contributed by atoms with Gasteiger partial charge in [-0.2, -0.15) is 0 Å². The van der Waals surface area contributed by atoms with Crippen molar-refractivity contribution in [3.63, 3.8) is 0 Å². The second-order valence-corrected chi connectivity index (χ2v) is 9.35. The number of anilines is 1. The van der Waals surface area contributed by atoms with E-state index in [2.05, 4.69) is 51.7 Å². The quantitative estimate of drug-likeness (QED) is 0.586. The molecular formula is C23H27N3O2S2. The molecule has 1 amide bonds. The maximum atomic E-state index is 12.6. The zero-order valence-corrected chi connectivity index (χ0v) is 18.9. The monoisotopic (exact) mass is 441 g/mol. The molecule has 0 saturated carbocycles. The molecular weight excluding hydrogens is 414 g/mol. The molecule has 1 N–H and O–H groups in total. The molecule has 1 fully saturated rings. The molecule has 5 nitrogen and oxygen atoms in total. The van der Waals surface area contributed by atoms with Crippen LogP contribution >= 0.6 is 22.7 Å². The summed E-state index contributed by atoms with van der Waals surface area (Å²) in [6.07, 6.45) is 0. The Labute approximate surface area is 185 Å². The lowest BCUT2D eigenvalue weighted by atomic mass is 10.0. The molecule has 0 bridgehead atoms. The number of rotatable bonds is 7. The van der Waals surface area contributed by atoms with Gasteiger partial charge in [-0.25, -0.2) is 0 Å². The average Bonchev–Trinajstić information content (AvgIpc) is 3.49. The minimum Gasteiger partial charge on any atom is -0.497 e. The second kappa shape index (κ2) is 9.64. The van der Waals surface area contributed by atoms with E-state index < -0.39 is 0 Å². The lowest BCUT2D eigenvalue weighted by Crippen LogP contribution is -2.52. The van der Waals surface area contributed by atoms with Gasteiger partial charge in [0.15, 0.2) is 0 Å². The van der Waals surface area contributed by atoms with Crippen molar-refractivity contribution in [1.82, 2.24) is 10.2 Å². The number of thiophene rings is 2. The number of nitrogens with zero attached hydrogens (tertiary/aromatic N) is 2. The Hall–Kier alpha value is -2.35. The molecule has 4 rings (SSSR count). The summed E-state index contributed by atoms with van der Waals surface area (Å²) in [7, 11) is 1.69. The van der Waals surface area contributed by atoms with Crippen molar-refractivity contribution in [2.75, 3.05) is 38.2 Å². The fraction of sp³-hybridized carbons (Fsp3) is 0.348. The first-order valence-electron chi connectivity index (χ1n) is 10.2. The molecule has 0 spiro atoms. The lowest BCUT2D eigenvalue weighted by molar-refractivity contribution is 0.0894. The Kier molecular flexibility index (Phi) is 6.72. The predicted octanol–water partition coefficient (Wildman–Crippen LogP) is 4.50. The van der Waals surface area contributed by atoms with E-state index in [9.17, 15) is 4.79 Å². The number of nitrogens with one attached hydrogen (secondary N) is 1. The third kappa shape index (κ3) is 4.69. The first-order chi connectivity index (χ1) is 14.7. The summed E-state index contributed by atoms with van der Waals surface area (Å²) in [6, 6.07) is 16.5. The highest BCUT2D eigenvalue weighted by molar-refractivity contribution is 7.12. The van der Waals surface area contributed by atoms with E-state index in [1.807, 2.05) is 29.6 Å². The zero-order chi connectivity index (χ0) is 20.9. The van der Waals surface area contributed by atoms with Gasteiger partial charge in [0, 0.05) is 42.8 Å². The average molecular weight is 442 g/mol. The summed E-state index contributed by atoms with van der Waals surface area (Å²) < 4.78 is 5.27. The van der Waals surface area contributed by atoms with Crippen LogP contribution in [-0.4, -0.2) is 50.1 Å². The molecule has 158 valence electrons. The summed E-state index contributed by atoms with van der Waals surface area (Å²) >= 11 is 3.24. The van der Waals surface area contributed by atoms with Crippen molar-refractivity contribution in [3.05, 3.63) is 69.0 Å². The Morgan fingerprint density at radius 1 is 1.00 bits per heavy atom. The molecule has 3 heterocycles. The van der Waals surface area contributed by atoms with E-state index in [0.29, 0.717) is 0 Å². The van der Waals surface area contributed by atoms with Gasteiger partial charge in [0.1, 0.15) is 5.75 Å². The summed E-state index contributed by atoms with van der Waals surface area (Å²) in [5.74, 6) is 0.890. The van der Waals surface area contributed by atoms with Crippen molar-refractivity contribution in [2.24, 2.45) is 0 Å². The van der Waals surface area contributed by atoms with Crippen molar-refractivity contribution < 1.29 is 9.53 Å². The number of benzene rings is 1. The second-order valence-electron chi connectivity index (χ2n) is 7.42. The van der Waals surface area contributed by atoms with Gasteiger partial charge < -0.3 is 15.0 Å². The van der Waals surface area contributed by atoms with Gasteiger partial charge in [-0.3, -0.25) is 9.69 Å². The van der Waals surface area contributed by atoms with Crippen molar-refractivity contribution in [1.29, 1.82) is 0 Å². The van der Waals surface area contributed by atoms with E-state index in [-0.39, 0.29) is 18.0 Å². The van der Waals surface area contributed by atoms with Gasteiger partial charge >= 0.3 is 0 Å². The van der Waals surface area contributed by atoms with Crippen LogP contribution in [0.3, 0.4) is 0 Å². The van der Waals surface area contributed by atoms with Crippen LogP contribution in [0.5, 0.6) is 5.75 Å². The number of carbonyl (C=O) groups excluding carboxylic acids is 1. The van der Waals surface area contributed by atoms with Crippen molar-refractivity contribution in [2.45, 2.75) is 19.0 Å². The van der Waals surface area contributed by atoms with Gasteiger partial charge in [0.05, 0.1) is 18.0 Å². The van der Waals surface area contributed by atoms with Crippen LogP contribution in [0.15, 0.2) is 59.3 Å². The maximum absolute atomic E-state index is 12.6. The molecule has 1 saturated heterocycles. The van der Waals surface area contributed by atoms with Crippen molar-refractivity contribution in [3.8, 4) is 5.75 Å². The Morgan fingerprint density at radius 3 is 2.30 bits per heavy atom. The van der Waals surface area contributed by atoms with Crippen LogP contribution in [-0.2, 0) is 0 Å². The number of carbonyl (C=O) groups is 1. The van der Waals surface area contributed by atoms with E-state index in [0.717, 1.165) is 36.8 Å². The van der Waals surface area contributed by atoms with Gasteiger partial charge in [-0.05, 0) is 54.1 Å². The minimum atomic E-state index is 0.0101. The molecule has 3 aromatic rings. The fourth-order valence-corrected chi connectivity index (χ4v) is 5.61. The van der Waals surface area contributed by atoms with Gasteiger partial charge in [0.25, 0.3) is 5.91 Å². The standard InChI is InChI=1S/C23H27N3O2S2/c1-17(24-23(27)21-6-4-16-30-21)22(20-5-3-15-29-20)26-13-11-25(12-14-26)18-7-9-19(28-2)10-8-18/h3-10,15-17,22H,11-14H2,1-2H3,(H,24,27)/t17-,22-/m0/s1. The smallest absolute Gasteiger partial charge is 0.261 e. The van der Waals surface area contributed by atoms with Crippen LogP contribution in [0.2, 0.25) is 0 Å². The number of ether oxygens (including phenoxy) is 1. The Balaban J connectivity index is 1.44. The lowest BCUT2D eigenvalue weighted by Gasteiger charge is -2.42. The molecule has 0 aliphatic carbocycles. The number of amides is 1. The third-order valence-corrected chi connectivity index (χ3v) is 7.37. The largest absolute Gasteiger partial charge is 0.497 e. The van der Waals surface area contributed by atoms with E-state index >= 15 is 0 Å². The van der Waals surface area contributed by atoms with E-state index in [4.69, 9.17) is 4.74 Å². The first-order valence-corrected chi connectivity index (χ1v) is 11.9. The van der Waals surface area contributed by atoms with Crippen molar-refractivity contribution >= 4 is 34.3 Å². The number of methoxy groups -OCH3 is 1. The Morgan fingerprint density at radius 2 is 1.70 bits per heavy atom.